The Hall–Kier alpha value is -1.00. The average Bonchev–Trinajstić information content (AvgIpc) is 2.37. The van der Waals surface area contributed by atoms with E-state index in [9.17, 15) is 13.2 Å². The van der Waals surface area contributed by atoms with Crippen LogP contribution in [0.25, 0.3) is 0 Å². The van der Waals surface area contributed by atoms with Crippen LogP contribution in [0.5, 0.6) is 0 Å². The van der Waals surface area contributed by atoms with Gasteiger partial charge in [-0.3, -0.25) is 0 Å². The minimum atomic E-state index is -4.00. The Bertz CT molecular complexity index is 206. The van der Waals surface area contributed by atoms with E-state index < -0.39 is 6.18 Å². The van der Waals surface area contributed by atoms with Crippen LogP contribution in [0.1, 0.15) is 26.6 Å². The maximum Gasteiger partial charge on any atom is 0.386 e. The lowest BCUT2D eigenvalue weighted by Gasteiger charge is -1.88. The number of halogens is 3. The smallest absolute Gasteiger partial charge is 0.338 e. The fourth-order valence-electron chi connectivity index (χ4n) is 0.440. The quantitative estimate of drug-likeness (QED) is 0.642. The van der Waals surface area contributed by atoms with Gasteiger partial charge in [0, 0.05) is 26.4 Å². The molecular weight excluding hydrogens is 193 g/mol. The summed E-state index contributed by atoms with van der Waals surface area (Å²) in [6.45, 7) is 6.16. The Morgan fingerprint density at radius 1 is 1.29 bits per heavy atom. The number of hydrogen-bond acceptors (Lipinski definition) is 1. The molecule has 0 saturated heterocycles. The van der Waals surface area contributed by atoms with E-state index in [1.807, 2.05) is 38.6 Å². The van der Waals surface area contributed by atoms with Crippen molar-refractivity contribution >= 4 is 0 Å². The molecule has 0 atom stereocenters. The van der Waals surface area contributed by atoms with Crippen molar-refractivity contribution in [3.63, 3.8) is 0 Å². The fraction of sp³-hybridized carbons (Fsp3) is 0.667. The van der Waals surface area contributed by atoms with E-state index in [0.717, 1.165) is 5.82 Å². The summed E-state index contributed by atoms with van der Waals surface area (Å²) in [6.07, 6.45) is -0.287. The number of rotatable bonds is 0. The van der Waals surface area contributed by atoms with Gasteiger partial charge in [0.25, 0.3) is 0 Å². The van der Waals surface area contributed by atoms with Crippen molar-refractivity contribution in [3.8, 4) is 0 Å². The van der Waals surface area contributed by atoms with Gasteiger partial charge in [-0.15, -0.1) is 0 Å². The molecule has 0 amide bonds. The molecule has 1 aromatic heterocycles. The zero-order valence-corrected chi connectivity index (χ0v) is 9.18. The molecule has 0 bridgehead atoms. The molecule has 0 saturated carbocycles. The largest absolute Gasteiger partial charge is 0.386 e. The number of nitrogens with zero attached hydrogens (tertiary/aromatic N) is 2. The molecule has 0 aromatic carbocycles. The molecule has 0 aliphatic carbocycles. The third-order valence-electron chi connectivity index (χ3n) is 1.06. The molecule has 2 nitrogen and oxygen atoms in total. The van der Waals surface area contributed by atoms with E-state index in [1.165, 1.54) is 0 Å². The molecule has 14 heavy (non-hydrogen) atoms. The van der Waals surface area contributed by atoms with Gasteiger partial charge in [-0.25, -0.2) is 4.98 Å². The number of aromatic nitrogens is 2. The summed E-state index contributed by atoms with van der Waals surface area (Å²) in [6, 6.07) is 0. The van der Waals surface area contributed by atoms with E-state index in [0.29, 0.717) is 0 Å². The molecule has 1 heterocycles. The summed E-state index contributed by atoms with van der Waals surface area (Å²) < 4.78 is 33.0. The first-order chi connectivity index (χ1) is 6.30. The molecule has 1 rings (SSSR count). The van der Waals surface area contributed by atoms with Crippen molar-refractivity contribution in [1.29, 1.82) is 0 Å². The highest BCUT2D eigenvalue weighted by molar-refractivity contribution is 4.85. The Labute approximate surface area is 82.8 Å². The zero-order valence-electron chi connectivity index (χ0n) is 9.18. The summed E-state index contributed by atoms with van der Waals surface area (Å²) in [7, 11) is 1.97. The number of alkyl halides is 3. The van der Waals surface area contributed by atoms with Crippen LogP contribution in [-0.4, -0.2) is 15.7 Å². The van der Waals surface area contributed by atoms with Gasteiger partial charge in [-0.05, 0) is 6.92 Å². The third kappa shape index (κ3) is 13.6. The van der Waals surface area contributed by atoms with Crippen molar-refractivity contribution in [2.75, 3.05) is 0 Å². The summed E-state index contributed by atoms with van der Waals surface area (Å²) in [5, 5.41) is 0. The second-order valence-electron chi connectivity index (χ2n) is 2.37. The van der Waals surface area contributed by atoms with Gasteiger partial charge >= 0.3 is 6.18 Å². The van der Waals surface area contributed by atoms with Crippen molar-refractivity contribution < 1.29 is 13.2 Å². The van der Waals surface area contributed by atoms with Gasteiger partial charge in [0.05, 0.1) is 0 Å². The molecule has 1 aromatic rings. The fourth-order valence-corrected chi connectivity index (χ4v) is 0.440. The number of aryl methyl sites for hydroxylation is 2. The normalized spacial score (nSPS) is 9.43. The van der Waals surface area contributed by atoms with Gasteiger partial charge in [0.1, 0.15) is 5.82 Å². The Kier molecular flexibility index (Phi) is 8.19. The van der Waals surface area contributed by atoms with E-state index >= 15 is 0 Å². The third-order valence-corrected chi connectivity index (χ3v) is 1.06. The van der Waals surface area contributed by atoms with Gasteiger partial charge in [-0.2, -0.15) is 13.2 Å². The summed E-state index contributed by atoms with van der Waals surface area (Å²) >= 11 is 0. The van der Waals surface area contributed by atoms with Gasteiger partial charge in [-0.1, -0.05) is 13.8 Å². The molecule has 0 N–H and O–H groups in total. The first-order valence-electron chi connectivity index (χ1n) is 4.31. The predicted octanol–water partition coefficient (Wildman–Crippen LogP) is 3.32. The average molecular weight is 210 g/mol. The van der Waals surface area contributed by atoms with Crippen LogP contribution in [0.2, 0.25) is 0 Å². The van der Waals surface area contributed by atoms with Crippen LogP contribution in [0.4, 0.5) is 13.2 Å². The van der Waals surface area contributed by atoms with Crippen LogP contribution in [0.15, 0.2) is 12.4 Å². The van der Waals surface area contributed by atoms with Crippen molar-refractivity contribution in [1.82, 2.24) is 9.55 Å². The highest BCUT2D eigenvalue weighted by Crippen LogP contribution is 2.10. The monoisotopic (exact) mass is 210 g/mol. The molecule has 0 aliphatic rings. The SMILES string of the molecule is CC.CC(F)(F)F.Cc1nccn1C. The summed E-state index contributed by atoms with van der Waals surface area (Å²) in [5.41, 5.74) is 0. The Balaban J connectivity index is 0. The molecule has 84 valence electrons. The molecule has 0 spiro atoms. The molecular formula is C9H17F3N2. The predicted molar refractivity (Wildman–Crippen MR) is 51.0 cm³/mol. The molecule has 5 heteroatoms. The standard InChI is InChI=1S/C5H8N2.C2H3F3.C2H6/c1-5-6-3-4-7(5)2;1-2(3,4)5;1-2/h3-4H,1-2H3;1H3;1-2H3. The molecule has 0 radical (unpaired) electrons. The van der Waals surface area contributed by atoms with Crippen molar-refractivity contribution in [2.24, 2.45) is 7.05 Å². The molecule has 0 unspecified atom stereocenters. The van der Waals surface area contributed by atoms with Crippen LogP contribution in [0, 0.1) is 6.92 Å². The van der Waals surface area contributed by atoms with Gasteiger partial charge < -0.3 is 4.57 Å². The summed E-state index contributed by atoms with van der Waals surface area (Å²) in [4.78, 5) is 3.98. The number of hydrogen-bond donors (Lipinski definition) is 0. The minimum absolute atomic E-state index is 0.188. The number of imidazole rings is 1. The Morgan fingerprint density at radius 2 is 1.64 bits per heavy atom. The lowest BCUT2D eigenvalue weighted by molar-refractivity contribution is -0.110. The topological polar surface area (TPSA) is 17.8 Å². The van der Waals surface area contributed by atoms with E-state index in [-0.39, 0.29) is 6.92 Å². The lowest BCUT2D eigenvalue weighted by atomic mass is 10.7. The minimum Gasteiger partial charge on any atom is -0.338 e. The van der Waals surface area contributed by atoms with Crippen LogP contribution in [0.3, 0.4) is 0 Å². The van der Waals surface area contributed by atoms with Crippen LogP contribution >= 0.6 is 0 Å². The maximum absolute atomic E-state index is 10.4. The Morgan fingerprint density at radius 3 is 1.71 bits per heavy atom. The van der Waals surface area contributed by atoms with Crippen molar-refractivity contribution in [3.05, 3.63) is 18.2 Å². The second-order valence-corrected chi connectivity index (χ2v) is 2.37. The zero-order chi connectivity index (χ0) is 11.8. The first-order valence-corrected chi connectivity index (χ1v) is 4.31. The maximum atomic E-state index is 10.4. The van der Waals surface area contributed by atoms with Crippen LogP contribution in [-0.2, 0) is 7.05 Å². The summed E-state index contributed by atoms with van der Waals surface area (Å²) in [5.74, 6) is 1.06. The van der Waals surface area contributed by atoms with Gasteiger partial charge in [0.2, 0.25) is 0 Å². The van der Waals surface area contributed by atoms with E-state index in [4.69, 9.17) is 0 Å². The lowest BCUT2D eigenvalue weighted by Crippen LogP contribution is -1.95. The highest BCUT2D eigenvalue weighted by atomic mass is 19.4. The first kappa shape index (κ1) is 15.5. The van der Waals surface area contributed by atoms with Crippen molar-refractivity contribution in [2.45, 2.75) is 33.9 Å². The molecule has 0 aliphatic heterocycles. The van der Waals surface area contributed by atoms with E-state index in [1.54, 1.807) is 6.20 Å². The van der Waals surface area contributed by atoms with Crippen LogP contribution < -0.4 is 0 Å². The highest BCUT2D eigenvalue weighted by Gasteiger charge is 2.15. The molecule has 0 fully saturated rings. The second kappa shape index (κ2) is 7.41. The van der Waals surface area contributed by atoms with E-state index in [2.05, 4.69) is 4.98 Å². The van der Waals surface area contributed by atoms with Gasteiger partial charge in [0.15, 0.2) is 0 Å².